The molecule has 0 radical (unpaired) electrons. The smallest absolute Gasteiger partial charge is 0.303 e. The fraction of sp³-hybridized carbons (Fsp3) is 0.300. The standard InChI is InChI=1S/C20H23NO2/c1-2-17-9-11-18(12-10-17)13-14-19-7-3-5-15-21(19)16-6-4-8-20(22)23/h3,5,7,9-15H,2,4,6,8,16H2,1H3/p+1/b14-13+. The summed E-state index contributed by atoms with van der Waals surface area (Å²) in [5.74, 6) is -0.723. The van der Waals surface area contributed by atoms with Crippen molar-refractivity contribution < 1.29 is 14.5 Å². The van der Waals surface area contributed by atoms with Crippen molar-refractivity contribution in [2.75, 3.05) is 0 Å². The number of carbonyl (C=O) groups is 1. The average Bonchev–Trinajstić information content (AvgIpc) is 2.58. The van der Waals surface area contributed by atoms with Gasteiger partial charge in [-0.3, -0.25) is 4.79 Å². The Bertz CT molecular complexity index is 660. The Labute approximate surface area is 137 Å². The molecule has 0 spiro atoms. The van der Waals surface area contributed by atoms with Gasteiger partial charge in [0.15, 0.2) is 6.20 Å². The van der Waals surface area contributed by atoms with Gasteiger partial charge in [0.05, 0.1) is 0 Å². The number of pyridine rings is 1. The zero-order valence-electron chi connectivity index (χ0n) is 13.6. The van der Waals surface area contributed by atoms with E-state index in [9.17, 15) is 4.79 Å². The molecule has 3 heteroatoms. The molecule has 2 rings (SSSR count). The number of rotatable bonds is 8. The first-order valence-electron chi connectivity index (χ1n) is 8.16. The normalized spacial score (nSPS) is 11.0. The Morgan fingerprint density at radius 2 is 1.87 bits per heavy atom. The molecule has 120 valence electrons. The third-order valence-corrected chi connectivity index (χ3v) is 3.85. The maximum atomic E-state index is 10.6. The van der Waals surface area contributed by atoms with Crippen LogP contribution in [0.2, 0.25) is 0 Å². The minimum atomic E-state index is -0.723. The molecule has 1 heterocycles. The topological polar surface area (TPSA) is 41.2 Å². The van der Waals surface area contributed by atoms with Crippen LogP contribution >= 0.6 is 0 Å². The molecule has 2 aromatic rings. The van der Waals surface area contributed by atoms with Crippen molar-refractivity contribution in [1.29, 1.82) is 0 Å². The van der Waals surface area contributed by atoms with Gasteiger partial charge in [0.1, 0.15) is 6.54 Å². The SMILES string of the molecule is CCc1ccc(/C=C/c2cccc[n+]2CCCCC(=O)O)cc1. The van der Waals surface area contributed by atoms with Gasteiger partial charge in [0, 0.05) is 31.1 Å². The van der Waals surface area contributed by atoms with Gasteiger partial charge in [-0.05, 0) is 36.1 Å². The summed E-state index contributed by atoms with van der Waals surface area (Å²) in [6.45, 7) is 2.99. The lowest BCUT2D eigenvalue weighted by atomic mass is 10.1. The van der Waals surface area contributed by atoms with Crippen molar-refractivity contribution in [2.45, 2.75) is 39.2 Å². The van der Waals surface area contributed by atoms with Crippen LogP contribution in [-0.4, -0.2) is 11.1 Å². The largest absolute Gasteiger partial charge is 0.481 e. The predicted molar refractivity (Wildman–Crippen MR) is 92.9 cm³/mol. The highest BCUT2D eigenvalue weighted by Crippen LogP contribution is 2.09. The van der Waals surface area contributed by atoms with E-state index < -0.39 is 5.97 Å². The second-order valence-corrected chi connectivity index (χ2v) is 5.60. The molecule has 0 amide bonds. The lowest BCUT2D eigenvalue weighted by molar-refractivity contribution is -0.699. The quantitative estimate of drug-likeness (QED) is 0.592. The number of aliphatic carboxylic acids is 1. The molecule has 1 N–H and O–H groups in total. The summed E-state index contributed by atoms with van der Waals surface area (Å²) in [6, 6.07) is 14.7. The number of carboxylic acids is 1. The highest BCUT2D eigenvalue weighted by Gasteiger charge is 2.06. The van der Waals surface area contributed by atoms with Crippen LogP contribution in [0, 0.1) is 0 Å². The Morgan fingerprint density at radius 3 is 2.57 bits per heavy atom. The van der Waals surface area contributed by atoms with Crippen LogP contribution in [0.3, 0.4) is 0 Å². The van der Waals surface area contributed by atoms with Gasteiger partial charge in [-0.15, -0.1) is 0 Å². The maximum Gasteiger partial charge on any atom is 0.303 e. The molecular weight excluding hydrogens is 286 g/mol. The Balaban J connectivity index is 2.01. The summed E-state index contributed by atoms with van der Waals surface area (Å²) in [4.78, 5) is 10.6. The van der Waals surface area contributed by atoms with E-state index in [-0.39, 0.29) is 6.42 Å². The molecule has 0 atom stereocenters. The number of carboxylic acid groups (broad SMARTS) is 1. The molecule has 0 saturated carbocycles. The van der Waals surface area contributed by atoms with Crippen molar-refractivity contribution in [3.8, 4) is 0 Å². The zero-order chi connectivity index (χ0) is 16.5. The third kappa shape index (κ3) is 5.70. The summed E-state index contributed by atoms with van der Waals surface area (Å²) in [7, 11) is 0. The van der Waals surface area contributed by atoms with Gasteiger partial charge in [0.2, 0.25) is 5.69 Å². The minimum Gasteiger partial charge on any atom is -0.481 e. The van der Waals surface area contributed by atoms with Crippen LogP contribution in [0.25, 0.3) is 12.2 Å². The van der Waals surface area contributed by atoms with Crippen molar-refractivity contribution in [1.82, 2.24) is 0 Å². The van der Waals surface area contributed by atoms with E-state index in [2.05, 4.69) is 54.0 Å². The molecule has 0 aliphatic rings. The van der Waals surface area contributed by atoms with E-state index in [1.54, 1.807) is 0 Å². The van der Waals surface area contributed by atoms with Crippen LogP contribution in [0.15, 0.2) is 48.7 Å². The van der Waals surface area contributed by atoms with Crippen LogP contribution < -0.4 is 4.57 Å². The van der Waals surface area contributed by atoms with Crippen LogP contribution in [0.1, 0.15) is 43.0 Å². The van der Waals surface area contributed by atoms with Crippen LogP contribution in [-0.2, 0) is 17.8 Å². The van der Waals surface area contributed by atoms with Crippen LogP contribution in [0.5, 0.6) is 0 Å². The van der Waals surface area contributed by atoms with E-state index in [0.29, 0.717) is 6.42 Å². The number of aryl methyl sites for hydroxylation is 2. The number of nitrogens with zero attached hydrogens (tertiary/aromatic N) is 1. The lowest BCUT2D eigenvalue weighted by Crippen LogP contribution is -2.36. The van der Waals surface area contributed by atoms with Gasteiger partial charge < -0.3 is 5.11 Å². The van der Waals surface area contributed by atoms with Crippen molar-refractivity contribution >= 4 is 18.1 Å². The zero-order valence-corrected chi connectivity index (χ0v) is 13.6. The number of hydrogen-bond donors (Lipinski definition) is 1. The summed E-state index contributed by atoms with van der Waals surface area (Å²) < 4.78 is 2.17. The first-order valence-corrected chi connectivity index (χ1v) is 8.16. The van der Waals surface area contributed by atoms with E-state index in [1.165, 1.54) is 11.1 Å². The summed E-state index contributed by atoms with van der Waals surface area (Å²) >= 11 is 0. The highest BCUT2D eigenvalue weighted by molar-refractivity contribution is 5.67. The molecule has 23 heavy (non-hydrogen) atoms. The maximum absolute atomic E-state index is 10.6. The van der Waals surface area contributed by atoms with E-state index in [4.69, 9.17) is 5.11 Å². The Kier molecular flexibility index (Phi) is 6.55. The summed E-state index contributed by atoms with van der Waals surface area (Å²) in [5.41, 5.74) is 3.65. The fourth-order valence-electron chi connectivity index (χ4n) is 2.45. The van der Waals surface area contributed by atoms with E-state index >= 15 is 0 Å². The summed E-state index contributed by atoms with van der Waals surface area (Å²) in [6.07, 6.45) is 9.13. The number of aromatic nitrogens is 1. The first kappa shape index (κ1) is 16.9. The number of benzene rings is 1. The monoisotopic (exact) mass is 310 g/mol. The Hall–Kier alpha value is -2.42. The fourth-order valence-corrected chi connectivity index (χ4v) is 2.45. The molecule has 0 aliphatic carbocycles. The second-order valence-electron chi connectivity index (χ2n) is 5.60. The minimum absolute atomic E-state index is 0.238. The molecule has 0 saturated heterocycles. The lowest BCUT2D eigenvalue weighted by Gasteiger charge is -2.01. The Morgan fingerprint density at radius 1 is 1.09 bits per heavy atom. The highest BCUT2D eigenvalue weighted by atomic mass is 16.4. The molecule has 1 aromatic heterocycles. The van der Waals surface area contributed by atoms with Gasteiger partial charge in [0.25, 0.3) is 0 Å². The number of unbranched alkanes of at least 4 members (excludes halogenated alkanes) is 1. The summed E-state index contributed by atoms with van der Waals surface area (Å²) in [5, 5.41) is 8.69. The molecule has 0 aliphatic heterocycles. The van der Waals surface area contributed by atoms with E-state index in [0.717, 1.165) is 25.1 Å². The van der Waals surface area contributed by atoms with Gasteiger partial charge in [-0.1, -0.05) is 31.2 Å². The second kappa shape index (κ2) is 8.89. The molecular formula is C20H24NO2+. The molecule has 0 unspecified atom stereocenters. The predicted octanol–water partition coefficient (Wildman–Crippen LogP) is 3.96. The third-order valence-electron chi connectivity index (χ3n) is 3.85. The molecule has 3 nitrogen and oxygen atoms in total. The van der Waals surface area contributed by atoms with Crippen LogP contribution in [0.4, 0.5) is 0 Å². The van der Waals surface area contributed by atoms with E-state index in [1.807, 2.05) is 18.3 Å². The molecule has 0 bridgehead atoms. The van der Waals surface area contributed by atoms with Crippen molar-refractivity contribution in [3.63, 3.8) is 0 Å². The van der Waals surface area contributed by atoms with Gasteiger partial charge >= 0.3 is 5.97 Å². The molecule has 1 aromatic carbocycles. The van der Waals surface area contributed by atoms with Gasteiger partial charge in [-0.25, -0.2) is 0 Å². The molecule has 0 fully saturated rings. The number of hydrogen-bond acceptors (Lipinski definition) is 1. The van der Waals surface area contributed by atoms with Crippen molar-refractivity contribution in [3.05, 3.63) is 65.5 Å². The first-order chi connectivity index (χ1) is 11.2. The average molecular weight is 310 g/mol. The van der Waals surface area contributed by atoms with Gasteiger partial charge in [-0.2, -0.15) is 4.57 Å². The van der Waals surface area contributed by atoms with Crippen molar-refractivity contribution in [2.24, 2.45) is 0 Å².